The topological polar surface area (TPSA) is 89.9 Å². The van der Waals surface area contributed by atoms with Crippen molar-refractivity contribution < 1.29 is 19.8 Å². The Labute approximate surface area is 107 Å². The predicted octanol–water partition coefficient (Wildman–Crippen LogP) is 0.0933. The number of carboxylic acids is 2. The standard InChI is InChI=1S/C12H22N2O4/c1-14-4-2-3-9(8-14)6-13-7-10(12(17)18)5-11(15)16/h9-10,13H,2-8H2,1H3,(H,15,16)(H,17,18). The van der Waals surface area contributed by atoms with E-state index < -0.39 is 17.9 Å². The quantitative estimate of drug-likeness (QED) is 0.600. The largest absolute Gasteiger partial charge is 0.481 e. The fourth-order valence-corrected chi connectivity index (χ4v) is 2.36. The van der Waals surface area contributed by atoms with Crippen LogP contribution in [0.2, 0.25) is 0 Å². The van der Waals surface area contributed by atoms with Crippen LogP contribution >= 0.6 is 0 Å². The second-order valence-electron chi connectivity index (χ2n) is 5.06. The molecule has 0 radical (unpaired) electrons. The summed E-state index contributed by atoms with van der Waals surface area (Å²) in [5, 5.41) is 20.6. The van der Waals surface area contributed by atoms with Gasteiger partial charge in [0.2, 0.25) is 0 Å². The molecular weight excluding hydrogens is 236 g/mol. The summed E-state index contributed by atoms with van der Waals surface area (Å²) in [4.78, 5) is 23.6. The van der Waals surface area contributed by atoms with Gasteiger partial charge in [-0.2, -0.15) is 0 Å². The third-order valence-corrected chi connectivity index (χ3v) is 3.32. The van der Waals surface area contributed by atoms with Crippen LogP contribution in [0, 0.1) is 11.8 Å². The van der Waals surface area contributed by atoms with E-state index in [1.54, 1.807) is 0 Å². The highest BCUT2D eigenvalue weighted by atomic mass is 16.4. The second kappa shape index (κ2) is 7.33. The molecule has 1 rings (SSSR count). The number of nitrogens with zero attached hydrogens (tertiary/aromatic N) is 1. The molecule has 6 heteroatoms. The van der Waals surface area contributed by atoms with Crippen molar-refractivity contribution >= 4 is 11.9 Å². The first kappa shape index (κ1) is 14.9. The molecule has 0 aromatic carbocycles. The Bertz CT molecular complexity index is 296. The molecule has 0 amide bonds. The van der Waals surface area contributed by atoms with E-state index in [2.05, 4.69) is 17.3 Å². The number of hydrogen-bond donors (Lipinski definition) is 3. The number of hydrogen-bond acceptors (Lipinski definition) is 4. The van der Waals surface area contributed by atoms with E-state index in [-0.39, 0.29) is 13.0 Å². The van der Waals surface area contributed by atoms with Gasteiger partial charge in [-0.15, -0.1) is 0 Å². The van der Waals surface area contributed by atoms with Gasteiger partial charge < -0.3 is 20.4 Å². The van der Waals surface area contributed by atoms with Crippen molar-refractivity contribution in [1.29, 1.82) is 0 Å². The van der Waals surface area contributed by atoms with Crippen molar-refractivity contribution in [1.82, 2.24) is 10.2 Å². The van der Waals surface area contributed by atoms with Crippen molar-refractivity contribution in [3.63, 3.8) is 0 Å². The number of aliphatic carboxylic acids is 2. The van der Waals surface area contributed by atoms with Crippen LogP contribution in [-0.2, 0) is 9.59 Å². The van der Waals surface area contributed by atoms with E-state index in [1.165, 1.54) is 6.42 Å². The van der Waals surface area contributed by atoms with Crippen LogP contribution in [-0.4, -0.2) is 60.3 Å². The van der Waals surface area contributed by atoms with Crippen LogP contribution in [0.25, 0.3) is 0 Å². The fraction of sp³-hybridized carbons (Fsp3) is 0.833. The first-order valence-corrected chi connectivity index (χ1v) is 6.33. The summed E-state index contributed by atoms with van der Waals surface area (Å²) in [6, 6.07) is 0. The molecule has 0 bridgehead atoms. The summed E-state index contributed by atoms with van der Waals surface area (Å²) in [6.07, 6.45) is 1.99. The summed E-state index contributed by atoms with van der Waals surface area (Å²) in [5.74, 6) is -2.43. The third kappa shape index (κ3) is 5.46. The third-order valence-electron chi connectivity index (χ3n) is 3.32. The Kier molecular flexibility index (Phi) is 6.07. The van der Waals surface area contributed by atoms with Gasteiger partial charge in [0.25, 0.3) is 0 Å². The normalized spacial score (nSPS) is 22.6. The average Bonchev–Trinajstić information content (AvgIpc) is 2.27. The molecule has 0 aromatic rings. The van der Waals surface area contributed by atoms with Crippen LogP contribution in [0.3, 0.4) is 0 Å². The predicted molar refractivity (Wildman–Crippen MR) is 66.5 cm³/mol. The van der Waals surface area contributed by atoms with Gasteiger partial charge in [0.05, 0.1) is 12.3 Å². The average molecular weight is 258 g/mol. The minimum Gasteiger partial charge on any atom is -0.481 e. The molecule has 1 heterocycles. The molecule has 1 aliphatic rings. The fourth-order valence-electron chi connectivity index (χ4n) is 2.36. The highest BCUT2D eigenvalue weighted by molar-refractivity contribution is 5.77. The number of carbonyl (C=O) groups is 2. The van der Waals surface area contributed by atoms with Gasteiger partial charge in [-0.25, -0.2) is 0 Å². The van der Waals surface area contributed by atoms with Crippen LogP contribution < -0.4 is 5.32 Å². The van der Waals surface area contributed by atoms with Crippen molar-refractivity contribution in [2.75, 3.05) is 33.2 Å². The molecule has 2 unspecified atom stereocenters. The summed E-state index contributed by atoms with van der Waals surface area (Å²) < 4.78 is 0. The maximum atomic E-state index is 10.9. The Morgan fingerprint density at radius 1 is 1.44 bits per heavy atom. The number of piperidine rings is 1. The van der Waals surface area contributed by atoms with Gasteiger partial charge >= 0.3 is 11.9 Å². The molecule has 18 heavy (non-hydrogen) atoms. The number of likely N-dealkylation sites (tertiary alicyclic amines) is 1. The van der Waals surface area contributed by atoms with Crippen LogP contribution in [0.5, 0.6) is 0 Å². The van der Waals surface area contributed by atoms with Crippen LogP contribution in [0.1, 0.15) is 19.3 Å². The lowest BCUT2D eigenvalue weighted by Gasteiger charge is -2.30. The first-order chi connectivity index (χ1) is 8.49. The summed E-state index contributed by atoms with van der Waals surface area (Å²) in [7, 11) is 2.08. The lowest BCUT2D eigenvalue weighted by Crippen LogP contribution is -2.39. The van der Waals surface area contributed by atoms with E-state index in [4.69, 9.17) is 10.2 Å². The smallest absolute Gasteiger partial charge is 0.308 e. The molecule has 3 N–H and O–H groups in total. The van der Waals surface area contributed by atoms with E-state index in [0.717, 1.165) is 26.1 Å². The maximum absolute atomic E-state index is 10.9. The van der Waals surface area contributed by atoms with Crippen molar-refractivity contribution in [3.8, 4) is 0 Å². The second-order valence-corrected chi connectivity index (χ2v) is 5.06. The van der Waals surface area contributed by atoms with Gasteiger partial charge in [0.15, 0.2) is 0 Å². The zero-order valence-electron chi connectivity index (χ0n) is 10.8. The van der Waals surface area contributed by atoms with Gasteiger partial charge in [0.1, 0.15) is 0 Å². The first-order valence-electron chi connectivity index (χ1n) is 6.33. The van der Waals surface area contributed by atoms with Crippen molar-refractivity contribution in [3.05, 3.63) is 0 Å². The lowest BCUT2D eigenvalue weighted by molar-refractivity contribution is -0.148. The minimum absolute atomic E-state index is 0.224. The number of carboxylic acid groups (broad SMARTS) is 2. The molecule has 1 fully saturated rings. The number of nitrogens with one attached hydrogen (secondary N) is 1. The molecule has 0 aromatic heterocycles. The SMILES string of the molecule is CN1CCCC(CNCC(CC(=O)O)C(=O)O)C1. The lowest BCUT2D eigenvalue weighted by atomic mass is 9.98. The Balaban J connectivity index is 2.25. The molecule has 2 atom stereocenters. The molecule has 1 aliphatic heterocycles. The van der Waals surface area contributed by atoms with E-state index >= 15 is 0 Å². The van der Waals surface area contributed by atoms with Gasteiger partial charge in [-0.3, -0.25) is 9.59 Å². The summed E-state index contributed by atoms with van der Waals surface area (Å²) in [5.41, 5.74) is 0. The van der Waals surface area contributed by atoms with E-state index in [0.29, 0.717) is 5.92 Å². The molecule has 1 saturated heterocycles. The van der Waals surface area contributed by atoms with Crippen LogP contribution in [0.4, 0.5) is 0 Å². The Hall–Kier alpha value is -1.14. The summed E-state index contributed by atoms with van der Waals surface area (Å²) in [6.45, 7) is 3.12. The Morgan fingerprint density at radius 2 is 2.17 bits per heavy atom. The maximum Gasteiger partial charge on any atom is 0.308 e. The molecular formula is C12H22N2O4. The van der Waals surface area contributed by atoms with Gasteiger partial charge in [-0.05, 0) is 38.9 Å². The molecule has 0 aliphatic carbocycles. The Morgan fingerprint density at radius 3 is 2.72 bits per heavy atom. The molecule has 0 saturated carbocycles. The number of rotatable bonds is 7. The monoisotopic (exact) mass is 258 g/mol. The van der Waals surface area contributed by atoms with Gasteiger partial charge in [-0.1, -0.05) is 0 Å². The minimum atomic E-state index is -1.07. The zero-order valence-corrected chi connectivity index (χ0v) is 10.8. The molecule has 6 nitrogen and oxygen atoms in total. The summed E-state index contributed by atoms with van der Waals surface area (Å²) >= 11 is 0. The zero-order chi connectivity index (χ0) is 13.5. The highest BCUT2D eigenvalue weighted by Gasteiger charge is 2.22. The van der Waals surface area contributed by atoms with E-state index in [9.17, 15) is 9.59 Å². The van der Waals surface area contributed by atoms with Gasteiger partial charge in [0, 0.05) is 13.1 Å². The van der Waals surface area contributed by atoms with Crippen molar-refractivity contribution in [2.24, 2.45) is 11.8 Å². The van der Waals surface area contributed by atoms with Crippen molar-refractivity contribution in [2.45, 2.75) is 19.3 Å². The highest BCUT2D eigenvalue weighted by Crippen LogP contribution is 2.14. The molecule has 0 spiro atoms. The van der Waals surface area contributed by atoms with Crippen LogP contribution in [0.15, 0.2) is 0 Å². The van der Waals surface area contributed by atoms with E-state index in [1.807, 2.05) is 0 Å². The molecule has 104 valence electrons.